The van der Waals surface area contributed by atoms with Crippen LogP contribution in [0.15, 0.2) is 47.4 Å². The third kappa shape index (κ3) is 3.01. The molecule has 0 bridgehead atoms. The van der Waals surface area contributed by atoms with E-state index >= 15 is 0 Å². The van der Waals surface area contributed by atoms with Gasteiger partial charge in [-0.25, -0.2) is 0 Å². The summed E-state index contributed by atoms with van der Waals surface area (Å²) in [6, 6.07) is 10.2. The zero-order valence-corrected chi connectivity index (χ0v) is 10.6. The zero-order chi connectivity index (χ0) is 13.8. The number of amides is 1. The molecule has 0 aliphatic carbocycles. The number of carbonyl (C=O) groups excluding carboxylic acids is 1. The van der Waals surface area contributed by atoms with Crippen LogP contribution in [-0.4, -0.2) is 10.5 Å². The molecule has 0 spiro atoms. The summed E-state index contributed by atoms with van der Waals surface area (Å²) in [7, 11) is 0. The van der Waals surface area contributed by atoms with E-state index in [2.05, 4.69) is 5.32 Å². The topological polar surface area (TPSA) is 77.1 Å². The first kappa shape index (κ1) is 12.9. The van der Waals surface area contributed by atoms with Crippen LogP contribution < -0.4 is 16.6 Å². The molecular weight excluding hydrogens is 242 g/mol. The van der Waals surface area contributed by atoms with Crippen LogP contribution >= 0.6 is 0 Å². The molecule has 5 nitrogen and oxygen atoms in total. The number of hydrogen-bond donors (Lipinski definition) is 2. The van der Waals surface area contributed by atoms with Gasteiger partial charge in [-0.05, 0) is 24.6 Å². The highest BCUT2D eigenvalue weighted by Gasteiger charge is 2.08. The van der Waals surface area contributed by atoms with Gasteiger partial charge in [0.15, 0.2) is 0 Å². The van der Waals surface area contributed by atoms with Crippen LogP contribution in [0.3, 0.4) is 0 Å². The predicted octanol–water partition coefficient (Wildman–Crippen LogP) is 1.38. The van der Waals surface area contributed by atoms with Gasteiger partial charge in [0.05, 0.1) is 11.4 Å². The Kier molecular flexibility index (Phi) is 3.66. The molecule has 19 heavy (non-hydrogen) atoms. The number of rotatable bonds is 3. The Morgan fingerprint density at radius 3 is 2.74 bits per heavy atom. The Morgan fingerprint density at radius 1 is 1.26 bits per heavy atom. The molecule has 1 amide bonds. The lowest BCUT2D eigenvalue weighted by atomic mass is 10.1. The zero-order valence-electron chi connectivity index (χ0n) is 10.6. The van der Waals surface area contributed by atoms with Crippen LogP contribution in [0.2, 0.25) is 0 Å². The van der Waals surface area contributed by atoms with Crippen molar-refractivity contribution < 1.29 is 4.79 Å². The minimum Gasteiger partial charge on any atom is -0.397 e. The van der Waals surface area contributed by atoms with Gasteiger partial charge in [0, 0.05) is 12.3 Å². The van der Waals surface area contributed by atoms with E-state index in [4.69, 9.17) is 5.73 Å². The number of nitrogens with one attached hydrogen (secondary N) is 1. The summed E-state index contributed by atoms with van der Waals surface area (Å²) in [4.78, 5) is 23.4. The van der Waals surface area contributed by atoms with Crippen molar-refractivity contribution in [3.05, 3.63) is 58.5 Å². The molecular formula is C14H15N3O2. The monoisotopic (exact) mass is 257 g/mol. The van der Waals surface area contributed by atoms with Gasteiger partial charge in [-0.2, -0.15) is 0 Å². The summed E-state index contributed by atoms with van der Waals surface area (Å²) in [5.41, 5.74) is 7.58. The summed E-state index contributed by atoms with van der Waals surface area (Å²) in [6.45, 7) is 1.83. The highest BCUT2D eigenvalue weighted by molar-refractivity contribution is 5.94. The Hall–Kier alpha value is -2.56. The molecule has 0 fully saturated rings. The lowest BCUT2D eigenvalue weighted by Gasteiger charge is -2.11. The minimum atomic E-state index is -0.283. The van der Waals surface area contributed by atoms with Gasteiger partial charge in [0.1, 0.15) is 6.54 Å². The fourth-order valence-electron chi connectivity index (χ4n) is 1.79. The van der Waals surface area contributed by atoms with Crippen molar-refractivity contribution in [1.29, 1.82) is 0 Å². The lowest BCUT2D eigenvalue weighted by molar-refractivity contribution is -0.116. The summed E-state index contributed by atoms with van der Waals surface area (Å²) >= 11 is 0. The Morgan fingerprint density at radius 2 is 2.05 bits per heavy atom. The maximum absolute atomic E-state index is 11.9. The van der Waals surface area contributed by atoms with E-state index in [1.165, 1.54) is 10.6 Å². The molecule has 0 radical (unpaired) electrons. The van der Waals surface area contributed by atoms with E-state index in [-0.39, 0.29) is 18.0 Å². The fourth-order valence-corrected chi connectivity index (χ4v) is 1.79. The van der Waals surface area contributed by atoms with Crippen LogP contribution in [0, 0.1) is 6.92 Å². The van der Waals surface area contributed by atoms with Crippen molar-refractivity contribution in [2.45, 2.75) is 13.5 Å². The summed E-state index contributed by atoms with van der Waals surface area (Å²) in [6.07, 6.45) is 1.57. The largest absolute Gasteiger partial charge is 0.397 e. The van der Waals surface area contributed by atoms with Crippen molar-refractivity contribution in [1.82, 2.24) is 4.57 Å². The summed E-state index contributed by atoms with van der Waals surface area (Å²) < 4.78 is 1.34. The van der Waals surface area contributed by atoms with Crippen molar-refractivity contribution in [3.63, 3.8) is 0 Å². The smallest absolute Gasteiger partial charge is 0.250 e. The number of nitrogen functional groups attached to an aromatic ring is 1. The lowest BCUT2D eigenvalue weighted by Crippen LogP contribution is -2.26. The number of carbonyl (C=O) groups is 1. The maximum Gasteiger partial charge on any atom is 0.250 e. The molecule has 0 aliphatic heterocycles. The Labute approximate surface area is 110 Å². The van der Waals surface area contributed by atoms with Crippen molar-refractivity contribution in [3.8, 4) is 0 Å². The number of aromatic nitrogens is 1. The molecule has 1 heterocycles. The molecule has 2 aromatic rings. The van der Waals surface area contributed by atoms with Gasteiger partial charge in [-0.1, -0.05) is 18.2 Å². The van der Waals surface area contributed by atoms with Crippen LogP contribution in [0.1, 0.15) is 5.56 Å². The average Bonchev–Trinajstić information content (AvgIpc) is 2.37. The molecule has 0 saturated carbocycles. The van der Waals surface area contributed by atoms with Crippen LogP contribution in [0.5, 0.6) is 0 Å². The van der Waals surface area contributed by atoms with E-state index in [1.54, 1.807) is 24.4 Å². The number of aryl methyl sites for hydroxylation is 1. The first-order valence-corrected chi connectivity index (χ1v) is 5.88. The molecule has 2 rings (SSSR count). The van der Waals surface area contributed by atoms with E-state index in [0.29, 0.717) is 11.4 Å². The van der Waals surface area contributed by atoms with E-state index in [9.17, 15) is 9.59 Å². The van der Waals surface area contributed by atoms with Gasteiger partial charge in [0.25, 0.3) is 5.56 Å². The summed E-state index contributed by atoms with van der Waals surface area (Å²) in [5, 5.41) is 2.73. The van der Waals surface area contributed by atoms with Crippen LogP contribution in [0.4, 0.5) is 11.4 Å². The Bertz CT molecular complexity index is 641. The Balaban J connectivity index is 2.15. The molecule has 98 valence electrons. The van der Waals surface area contributed by atoms with Crippen molar-refractivity contribution in [2.75, 3.05) is 11.1 Å². The second-order valence-corrected chi connectivity index (χ2v) is 4.25. The first-order valence-electron chi connectivity index (χ1n) is 5.88. The molecule has 0 unspecified atom stereocenters. The average molecular weight is 257 g/mol. The molecule has 0 saturated heterocycles. The third-order valence-electron chi connectivity index (χ3n) is 2.78. The van der Waals surface area contributed by atoms with E-state index in [1.807, 2.05) is 19.1 Å². The first-order chi connectivity index (χ1) is 9.08. The van der Waals surface area contributed by atoms with E-state index in [0.717, 1.165) is 5.56 Å². The highest BCUT2D eigenvalue weighted by Crippen LogP contribution is 2.22. The molecule has 3 N–H and O–H groups in total. The number of nitrogens with two attached hydrogens (primary N) is 1. The normalized spacial score (nSPS) is 10.2. The van der Waals surface area contributed by atoms with Gasteiger partial charge < -0.3 is 15.6 Å². The minimum absolute atomic E-state index is 0.0343. The quantitative estimate of drug-likeness (QED) is 0.815. The second-order valence-electron chi connectivity index (χ2n) is 4.25. The molecule has 1 aromatic heterocycles. The molecule has 1 aromatic carbocycles. The van der Waals surface area contributed by atoms with Crippen LogP contribution in [0.25, 0.3) is 0 Å². The number of hydrogen-bond acceptors (Lipinski definition) is 3. The molecule has 0 aliphatic rings. The van der Waals surface area contributed by atoms with Gasteiger partial charge >= 0.3 is 0 Å². The van der Waals surface area contributed by atoms with Gasteiger partial charge in [-0.15, -0.1) is 0 Å². The number of benzene rings is 1. The molecule has 5 heteroatoms. The molecule has 0 atom stereocenters. The predicted molar refractivity (Wildman–Crippen MR) is 74.9 cm³/mol. The van der Waals surface area contributed by atoms with Gasteiger partial charge in [0.2, 0.25) is 5.91 Å². The SMILES string of the molecule is Cc1cccc(N)c1NC(=O)Cn1ccccc1=O. The fraction of sp³-hybridized carbons (Fsp3) is 0.143. The second kappa shape index (κ2) is 5.39. The third-order valence-corrected chi connectivity index (χ3v) is 2.78. The van der Waals surface area contributed by atoms with Crippen molar-refractivity contribution in [2.24, 2.45) is 0 Å². The highest BCUT2D eigenvalue weighted by atomic mass is 16.2. The number of anilines is 2. The number of para-hydroxylation sites is 1. The maximum atomic E-state index is 11.9. The number of pyridine rings is 1. The van der Waals surface area contributed by atoms with Crippen molar-refractivity contribution >= 4 is 17.3 Å². The van der Waals surface area contributed by atoms with Crippen LogP contribution in [-0.2, 0) is 11.3 Å². The summed E-state index contributed by atoms with van der Waals surface area (Å²) in [5.74, 6) is -0.283. The van der Waals surface area contributed by atoms with E-state index < -0.39 is 0 Å². The standard InChI is InChI=1S/C14H15N3O2/c1-10-5-4-6-11(15)14(10)16-12(18)9-17-8-3-2-7-13(17)19/h2-8H,9,15H2,1H3,(H,16,18). The number of nitrogens with zero attached hydrogens (tertiary/aromatic N) is 1. The van der Waals surface area contributed by atoms with Gasteiger partial charge in [-0.3, -0.25) is 9.59 Å².